The van der Waals surface area contributed by atoms with Gasteiger partial charge in [-0.3, -0.25) is 67.5 Å². The predicted octanol–water partition coefficient (Wildman–Crippen LogP) is -5.11. The first kappa shape index (κ1) is 78.1. The number of carboxylic acids is 1. The number of hydrogen-bond donors (Lipinski definition) is 19. The highest BCUT2D eigenvalue weighted by Crippen LogP contribution is 2.15. The molecule has 11 amide bonds. The Balaban J connectivity index is 3.74. The van der Waals surface area contributed by atoms with Crippen LogP contribution in [0, 0.1) is 17.8 Å². The number of hydrogen-bond acceptors (Lipinski definition) is 17. The fraction of sp³-hybridized carbons (Fsp3) is 0.643. The number of carbonyl (C=O) groups is 12. The van der Waals surface area contributed by atoms with Gasteiger partial charge in [0.05, 0.1) is 12.5 Å². The van der Waals surface area contributed by atoms with E-state index in [0.29, 0.717) is 18.4 Å². The Morgan fingerprint density at radius 3 is 1.33 bits per heavy atom. The molecule has 33 nitrogen and oxygen atoms in total. The number of primary amides is 2. The van der Waals surface area contributed by atoms with E-state index in [1.54, 1.807) is 0 Å². The number of unbranched alkanes of at least 4 members (excludes halogenated alkanes) is 1. The molecule has 500 valence electrons. The number of benzene rings is 1. The molecule has 0 aliphatic rings. The fourth-order valence-electron chi connectivity index (χ4n) is 8.71. The molecule has 0 aliphatic heterocycles. The van der Waals surface area contributed by atoms with Gasteiger partial charge in [0.25, 0.3) is 0 Å². The lowest BCUT2D eigenvalue weighted by molar-refractivity contribution is -0.141. The highest BCUT2D eigenvalue weighted by molar-refractivity contribution is 5.99. The number of carbonyl (C=O) groups excluding carboxylic acids is 11. The van der Waals surface area contributed by atoms with Crippen LogP contribution in [-0.2, 0) is 64.0 Å². The summed E-state index contributed by atoms with van der Waals surface area (Å²) in [4.78, 5) is 169. The number of nitrogens with two attached hydrogens (primary N) is 7. The number of guanidine groups is 2. The number of aliphatic imine (C=N–C) groups is 2. The maximum Gasteiger partial charge on any atom is 0.304 e. The van der Waals surface area contributed by atoms with E-state index in [9.17, 15) is 67.7 Å². The summed E-state index contributed by atoms with van der Waals surface area (Å²) in [7, 11) is 0. The van der Waals surface area contributed by atoms with E-state index in [0.717, 1.165) is 6.92 Å². The number of aliphatic hydroxyl groups excluding tert-OH is 1. The Hall–Kier alpha value is -8.88. The average Bonchev–Trinajstić information content (AvgIpc) is 3.10. The third-order valence-corrected chi connectivity index (χ3v) is 13.5. The summed E-state index contributed by atoms with van der Waals surface area (Å²) < 4.78 is 0. The normalized spacial score (nSPS) is 14.8. The SMILES string of the molecule is CC(C)C[C@H](NC(=O)[C@H](CC(C)C)NC(=O)[C@H](CCCCN)NC(=O)[C@H](CCCN=C(N)N)NC(=O)[C@H](Cc1ccc(O)cc1)NC(=O)[C@H](CCC(N)=O)NC(=O)[C@H](C)NC(=O)[C@H](CCCN=C(N)N)NC(=O)[C@@H](NC(=O)[C@@H](C)CC(=O)O)[C@@H](C)O)C(N)=O. The van der Waals surface area contributed by atoms with Crippen LogP contribution in [0.15, 0.2) is 34.3 Å². The Labute approximate surface area is 517 Å². The first-order valence-electron chi connectivity index (χ1n) is 29.4. The Bertz CT molecular complexity index is 2600. The number of nitrogens with one attached hydrogen (secondary N) is 9. The van der Waals surface area contributed by atoms with Crippen molar-refractivity contribution in [3.8, 4) is 5.75 Å². The molecule has 0 aromatic heterocycles. The van der Waals surface area contributed by atoms with E-state index in [-0.39, 0.29) is 101 Å². The second kappa shape index (κ2) is 40.6. The number of nitrogens with zero attached hydrogens (tertiary/aromatic N) is 2. The van der Waals surface area contributed by atoms with Crippen molar-refractivity contribution in [3.05, 3.63) is 29.8 Å². The van der Waals surface area contributed by atoms with Crippen molar-refractivity contribution in [3.63, 3.8) is 0 Å². The number of rotatable bonds is 43. The Morgan fingerprint density at radius 2 is 0.876 bits per heavy atom. The lowest BCUT2D eigenvalue weighted by atomic mass is 9.99. The molecule has 0 fully saturated rings. The topological polar surface area (TPSA) is 581 Å². The monoisotopic (exact) mass is 1260 g/mol. The molecule has 0 spiro atoms. The minimum atomic E-state index is -1.69. The van der Waals surface area contributed by atoms with Crippen molar-refractivity contribution in [1.82, 2.24) is 47.9 Å². The molecule has 0 unspecified atom stereocenters. The van der Waals surface area contributed by atoms with Gasteiger partial charge in [0.15, 0.2) is 11.9 Å². The summed E-state index contributed by atoms with van der Waals surface area (Å²) in [5.41, 5.74) is 39.2. The molecule has 1 rings (SSSR count). The number of carboxylic acid groups (broad SMARTS) is 1. The fourth-order valence-corrected chi connectivity index (χ4v) is 8.71. The first-order chi connectivity index (χ1) is 41.6. The summed E-state index contributed by atoms with van der Waals surface area (Å²) in [5.74, 6) is -13.4. The summed E-state index contributed by atoms with van der Waals surface area (Å²) in [5, 5.41) is 52.5. The van der Waals surface area contributed by atoms with Gasteiger partial charge in [-0.1, -0.05) is 46.8 Å². The van der Waals surface area contributed by atoms with Crippen LogP contribution in [0.5, 0.6) is 5.75 Å². The third-order valence-electron chi connectivity index (χ3n) is 13.5. The first-order valence-corrected chi connectivity index (χ1v) is 29.4. The maximum atomic E-state index is 14.7. The van der Waals surface area contributed by atoms with Crippen LogP contribution < -0.4 is 88.0 Å². The highest BCUT2D eigenvalue weighted by Gasteiger charge is 2.36. The van der Waals surface area contributed by atoms with Gasteiger partial charge in [-0.2, -0.15) is 0 Å². The van der Waals surface area contributed by atoms with E-state index in [4.69, 9.17) is 45.2 Å². The van der Waals surface area contributed by atoms with Crippen LogP contribution in [-0.4, -0.2) is 178 Å². The average molecular weight is 1260 g/mol. The smallest absolute Gasteiger partial charge is 0.304 e. The van der Waals surface area contributed by atoms with Gasteiger partial charge >= 0.3 is 5.97 Å². The summed E-state index contributed by atoms with van der Waals surface area (Å²) >= 11 is 0. The molecule has 26 N–H and O–H groups in total. The number of aromatic hydroxyl groups is 1. The number of aliphatic hydroxyl groups is 1. The van der Waals surface area contributed by atoms with Gasteiger partial charge in [0.1, 0.15) is 60.1 Å². The van der Waals surface area contributed by atoms with Crippen LogP contribution in [0.25, 0.3) is 0 Å². The molecule has 89 heavy (non-hydrogen) atoms. The lowest BCUT2D eigenvalue weighted by Crippen LogP contribution is -2.61. The second-order valence-corrected chi connectivity index (χ2v) is 22.6. The summed E-state index contributed by atoms with van der Waals surface area (Å²) in [6.07, 6.45) is -2.56. The van der Waals surface area contributed by atoms with E-state index in [1.165, 1.54) is 38.1 Å². The molecular weight excluding hydrogens is 1160 g/mol. The molecule has 0 heterocycles. The van der Waals surface area contributed by atoms with Gasteiger partial charge < -0.3 is 103 Å². The molecule has 1 aromatic carbocycles. The molecule has 0 saturated heterocycles. The van der Waals surface area contributed by atoms with E-state index in [2.05, 4.69) is 57.8 Å². The van der Waals surface area contributed by atoms with Crippen molar-refractivity contribution >= 4 is 82.9 Å². The Kier molecular flexibility index (Phi) is 35.6. The number of phenolic OH excluding ortho intramolecular Hbond substituents is 1. The standard InChI is InChI=1S/C56H96N18O15/c1-28(2)24-39(45(59)80)71-52(87)40(25-29(3)4)72-50(85)35(12-8-9-21-57)68-49(84)37(14-11-23-65-56(62)63)69-53(88)41(27-33-15-17-34(76)18-16-33)73-51(86)38(19-20-42(58)77)67-47(82)31(6)66-48(83)36(13-10-22-64-55(60)61)70-54(89)44(32(7)75)74-46(81)30(5)26-43(78)79/h15-18,28-32,35-41,44,75-76H,8-14,19-27,57H2,1-7H3,(H2,58,77)(H2,59,80)(H,66,83)(H,67,82)(H,68,84)(H,69,88)(H,70,89)(H,71,87)(H,72,85)(H,73,86)(H,74,81)(H,78,79)(H4,60,61,64)(H4,62,63,65)/t30-,31-,32+,35-,36-,37-,38-,39-,40-,41-,44-/m0/s1. The van der Waals surface area contributed by atoms with Crippen molar-refractivity contribution < 1.29 is 72.9 Å². The number of phenols is 1. The van der Waals surface area contributed by atoms with Crippen LogP contribution in [0.2, 0.25) is 0 Å². The van der Waals surface area contributed by atoms with E-state index in [1.807, 2.05) is 27.7 Å². The molecule has 11 atom stereocenters. The van der Waals surface area contributed by atoms with Crippen LogP contribution in [0.4, 0.5) is 0 Å². The largest absolute Gasteiger partial charge is 0.508 e. The summed E-state index contributed by atoms with van der Waals surface area (Å²) in [6, 6.07) is -7.52. The molecule has 1 aromatic rings. The van der Waals surface area contributed by atoms with Crippen LogP contribution in [0.1, 0.15) is 131 Å². The van der Waals surface area contributed by atoms with Crippen molar-refractivity contribution in [2.45, 2.75) is 192 Å². The minimum Gasteiger partial charge on any atom is -0.508 e. The third kappa shape index (κ3) is 32.1. The number of amides is 11. The van der Waals surface area contributed by atoms with E-state index >= 15 is 0 Å². The molecule has 33 heteroatoms. The van der Waals surface area contributed by atoms with Gasteiger partial charge in [0.2, 0.25) is 65.0 Å². The Morgan fingerprint density at radius 1 is 0.472 bits per heavy atom. The van der Waals surface area contributed by atoms with Crippen molar-refractivity contribution in [2.24, 2.45) is 67.9 Å². The lowest BCUT2D eigenvalue weighted by Gasteiger charge is -2.28. The van der Waals surface area contributed by atoms with E-state index < -0.39 is 157 Å². The van der Waals surface area contributed by atoms with Gasteiger partial charge in [-0.15, -0.1) is 0 Å². The van der Waals surface area contributed by atoms with Crippen molar-refractivity contribution in [1.29, 1.82) is 0 Å². The minimum absolute atomic E-state index is 0.0122. The molecular formula is C56H96N18O15. The molecule has 0 aliphatic carbocycles. The zero-order valence-corrected chi connectivity index (χ0v) is 51.8. The predicted molar refractivity (Wildman–Crippen MR) is 327 cm³/mol. The highest BCUT2D eigenvalue weighted by atomic mass is 16.4. The van der Waals surface area contributed by atoms with Crippen LogP contribution in [0.3, 0.4) is 0 Å². The number of aliphatic carboxylic acids is 1. The zero-order chi connectivity index (χ0) is 67.7. The summed E-state index contributed by atoms with van der Waals surface area (Å²) in [6.45, 7) is 11.1. The van der Waals surface area contributed by atoms with Gasteiger partial charge in [0, 0.05) is 31.8 Å². The maximum absolute atomic E-state index is 14.7. The van der Waals surface area contributed by atoms with Crippen molar-refractivity contribution in [2.75, 3.05) is 19.6 Å². The second-order valence-electron chi connectivity index (χ2n) is 22.6. The van der Waals surface area contributed by atoms with Gasteiger partial charge in [-0.05, 0) is 114 Å². The quantitative estimate of drug-likeness (QED) is 0.0165. The molecule has 0 saturated carbocycles. The molecule has 0 radical (unpaired) electrons. The van der Waals surface area contributed by atoms with Crippen LogP contribution >= 0.6 is 0 Å². The molecule has 0 bridgehead atoms. The van der Waals surface area contributed by atoms with Gasteiger partial charge in [-0.25, -0.2) is 0 Å². The zero-order valence-electron chi connectivity index (χ0n) is 51.8.